The van der Waals surface area contributed by atoms with Crippen LogP contribution in [0.2, 0.25) is 0 Å². The predicted octanol–water partition coefficient (Wildman–Crippen LogP) is 3.05. The number of thiophene rings is 1. The second kappa shape index (κ2) is 9.11. The van der Waals surface area contributed by atoms with E-state index in [1.807, 2.05) is 24.0 Å². The van der Waals surface area contributed by atoms with Gasteiger partial charge in [0, 0.05) is 31.1 Å². The number of amides is 2. The number of aryl methyl sites for hydroxylation is 1. The average molecular weight is 409 g/mol. The number of carbonyl (C=O) groups is 2. The molecule has 3 rings (SSSR count). The van der Waals surface area contributed by atoms with E-state index < -0.39 is 6.61 Å². The fourth-order valence-electron chi connectivity index (χ4n) is 2.98. The van der Waals surface area contributed by atoms with Gasteiger partial charge in [0.1, 0.15) is 5.75 Å². The molecule has 0 unspecified atom stereocenters. The Morgan fingerprint density at radius 3 is 2.50 bits per heavy atom. The van der Waals surface area contributed by atoms with Crippen LogP contribution in [0.5, 0.6) is 5.75 Å². The molecule has 0 spiro atoms. The Balaban J connectivity index is 1.50. The molecule has 2 heterocycles. The van der Waals surface area contributed by atoms with Crippen LogP contribution in [0.25, 0.3) is 0 Å². The van der Waals surface area contributed by atoms with Gasteiger partial charge in [-0.3, -0.25) is 14.5 Å². The first kappa shape index (κ1) is 20.2. The fourth-order valence-corrected chi connectivity index (χ4v) is 3.81. The second-order valence-corrected chi connectivity index (χ2v) is 7.69. The number of rotatable bonds is 6. The molecule has 6 nitrogen and oxygen atoms in total. The minimum absolute atomic E-state index is 0.0141. The van der Waals surface area contributed by atoms with Crippen LogP contribution < -0.4 is 10.1 Å². The van der Waals surface area contributed by atoms with Crippen molar-refractivity contribution in [2.45, 2.75) is 13.5 Å². The molecule has 1 fully saturated rings. The third kappa shape index (κ3) is 5.26. The molecule has 1 aliphatic heterocycles. The maximum atomic E-state index is 12.5. The molecule has 1 aromatic carbocycles. The van der Waals surface area contributed by atoms with Crippen LogP contribution >= 0.6 is 11.3 Å². The van der Waals surface area contributed by atoms with E-state index in [0.717, 1.165) is 9.75 Å². The summed E-state index contributed by atoms with van der Waals surface area (Å²) in [7, 11) is 0. The van der Waals surface area contributed by atoms with Crippen LogP contribution in [-0.2, 0) is 4.79 Å². The van der Waals surface area contributed by atoms with Crippen LogP contribution in [0.3, 0.4) is 0 Å². The van der Waals surface area contributed by atoms with E-state index in [9.17, 15) is 18.4 Å². The summed E-state index contributed by atoms with van der Waals surface area (Å²) in [6, 6.07) is 9.83. The highest BCUT2D eigenvalue weighted by Crippen LogP contribution is 2.25. The summed E-state index contributed by atoms with van der Waals surface area (Å²) in [5.74, 6) is -0.383. The van der Waals surface area contributed by atoms with Gasteiger partial charge in [0.05, 0.1) is 17.1 Å². The van der Waals surface area contributed by atoms with Crippen LogP contribution in [0.15, 0.2) is 36.4 Å². The zero-order chi connectivity index (χ0) is 20.1. The van der Waals surface area contributed by atoms with Crippen molar-refractivity contribution >= 4 is 28.8 Å². The summed E-state index contributed by atoms with van der Waals surface area (Å²) in [6.07, 6.45) is 0. The standard InChI is InChI=1S/C19H21F2N3O3S/c1-13-6-7-16(28-13)18(26)24-10-8-23(9-11-24)12-17(25)22-14-4-2-3-5-15(14)27-19(20)21/h2-7,19H,8-12H2,1H3,(H,22,25). The van der Waals surface area contributed by atoms with E-state index in [1.165, 1.54) is 23.5 Å². The number of hydrogen-bond donors (Lipinski definition) is 1. The fraction of sp³-hybridized carbons (Fsp3) is 0.368. The molecule has 0 atom stereocenters. The number of piperazine rings is 1. The SMILES string of the molecule is Cc1ccc(C(=O)N2CCN(CC(=O)Nc3ccccc3OC(F)F)CC2)s1. The molecule has 2 aromatic rings. The van der Waals surface area contributed by atoms with Crippen LogP contribution in [0, 0.1) is 6.92 Å². The van der Waals surface area contributed by atoms with E-state index >= 15 is 0 Å². The topological polar surface area (TPSA) is 61.9 Å². The zero-order valence-electron chi connectivity index (χ0n) is 15.4. The number of nitrogens with zero attached hydrogens (tertiary/aromatic N) is 2. The maximum absolute atomic E-state index is 12.5. The second-order valence-electron chi connectivity index (χ2n) is 6.40. The van der Waals surface area contributed by atoms with Crippen molar-refractivity contribution in [3.8, 4) is 5.75 Å². The molecule has 150 valence electrons. The van der Waals surface area contributed by atoms with E-state index in [2.05, 4.69) is 10.1 Å². The Morgan fingerprint density at radius 2 is 1.86 bits per heavy atom. The van der Waals surface area contributed by atoms with Gasteiger partial charge in [0.15, 0.2) is 0 Å². The molecule has 0 aliphatic carbocycles. The van der Waals surface area contributed by atoms with E-state index in [-0.39, 0.29) is 29.8 Å². The molecule has 28 heavy (non-hydrogen) atoms. The monoisotopic (exact) mass is 409 g/mol. The number of benzene rings is 1. The van der Waals surface area contributed by atoms with Crippen molar-refractivity contribution in [2.75, 3.05) is 38.0 Å². The smallest absolute Gasteiger partial charge is 0.387 e. The quantitative estimate of drug-likeness (QED) is 0.797. The first-order chi connectivity index (χ1) is 13.4. The number of nitrogens with one attached hydrogen (secondary N) is 1. The highest BCUT2D eigenvalue weighted by atomic mass is 32.1. The summed E-state index contributed by atoms with van der Waals surface area (Å²) < 4.78 is 29.3. The highest BCUT2D eigenvalue weighted by molar-refractivity contribution is 7.13. The Labute approximate surface area is 165 Å². The van der Waals surface area contributed by atoms with Crippen molar-refractivity contribution in [3.05, 3.63) is 46.2 Å². The summed E-state index contributed by atoms with van der Waals surface area (Å²) >= 11 is 1.47. The molecule has 9 heteroatoms. The van der Waals surface area contributed by atoms with Gasteiger partial charge in [-0.2, -0.15) is 8.78 Å². The Hall–Kier alpha value is -2.52. The summed E-state index contributed by atoms with van der Waals surface area (Å²) in [6.45, 7) is 1.32. The Bertz CT molecular complexity index is 835. The summed E-state index contributed by atoms with van der Waals surface area (Å²) in [4.78, 5) is 30.3. The minimum atomic E-state index is -2.96. The number of halogens is 2. The van der Waals surface area contributed by atoms with Crippen LogP contribution in [0.1, 0.15) is 14.5 Å². The molecule has 1 aromatic heterocycles. The number of ether oxygens (including phenoxy) is 1. The van der Waals surface area contributed by atoms with Gasteiger partial charge in [-0.05, 0) is 31.2 Å². The molecule has 1 N–H and O–H groups in total. The molecular formula is C19H21F2N3O3S. The van der Waals surface area contributed by atoms with Crippen molar-refractivity contribution in [1.29, 1.82) is 0 Å². The highest BCUT2D eigenvalue weighted by Gasteiger charge is 2.24. The van der Waals surface area contributed by atoms with Crippen molar-refractivity contribution < 1.29 is 23.1 Å². The molecule has 1 saturated heterocycles. The first-order valence-corrected chi connectivity index (χ1v) is 9.66. The molecule has 2 amide bonds. The van der Waals surface area contributed by atoms with Gasteiger partial charge < -0.3 is 15.0 Å². The molecule has 0 bridgehead atoms. The maximum Gasteiger partial charge on any atom is 0.387 e. The lowest BCUT2D eigenvalue weighted by atomic mass is 10.2. The zero-order valence-corrected chi connectivity index (χ0v) is 16.2. The molecular weight excluding hydrogens is 388 g/mol. The van der Waals surface area contributed by atoms with Crippen molar-refractivity contribution in [1.82, 2.24) is 9.80 Å². The van der Waals surface area contributed by atoms with Gasteiger partial charge in [-0.15, -0.1) is 11.3 Å². The number of hydrogen-bond acceptors (Lipinski definition) is 5. The van der Waals surface area contributed by atoms with Crippen molar-refractivity contribution in [3.63, 3.8) is 0 Å². The third-order valence-electron chi connectivity index (χ3n) is 4.36. The lowest BCUT2D eigenvalue weighted by Crippen LogP contribution is -2.50. The third-order valence-corrected chi connectivity index (χ3v) is 5.34. The lowest BCUT2D eigenvalue weighted by molar-refractivity contribution is -0.117. The number of carbonyl (C=O) groups excluding carboxylic acids is 2. The largest absolute Gasteiger partial charge is 0.433 e. The van der Waals surface area contributed by atoms with Crippen LogP contribution in [-0.4, -0.2) is 60.9 Å². The summed E-state index contributed by atoms with van der Waals surface area (Å²) in [5.41, 5.74) is 0.203. The van der Waals surface area contributed by atoms with Gasteiger partial charge >= 0.3 is 6.61 Å². The Morgan fingerprint density at radius 1 is 1.14 bits per heavy atom. The number of alkyl halides is 2. The molecule has 0 radical (unpaired) electrons. The first-order valence-electron chi connectivity index (χ1n) is 8.84. The number of para-hydroxylation sites is 2. The molecule has 1 aliphatic rings. The van der Waals surface area contributed by atoms with Gasteiger partial charge in [-0.1, -0.05) is 12.1 Å². The summed E-state index contributed by atoms with van der Waals surface area (Å²) in [5, 5.41) is 2.61. The Kier molecular flexibility index (Phi) is 6.58. The van der Waals surface area contributed by atoms with E-state index in [4.69, 9.17) is 0 Å². The average Bonchev–Trinajstić information content (AvgIpc) is 3.09. The van der Waals surface area contributed by atoms with E-state index in [1.54, 1.807) is 17.0 Å². The predicted molar refractivity (Wildman–Crippen MR) is 103 cm³/mol. The van der Waals surface area contributed by atoms with Crippen LogP contribution in [0.4, 0.5) is 14.5 Å². The minimum Gasteiger partial charge on any atom is -0.433 e. The van der Waals surface area contributed by atoms with Gasteiger partial charge in [0.2, 0.25) is 5.91 Å². The van der Waals surface area contributed by atoms with Gasteiger partial charge in [-0.25, -0.2) is 0 Å². The lowest BCUT2D eigenvalue weighted by Gasteiger charge is -2.34. The normalized spacial score (nSPS) is 14.9. The molecule has 0 saturated carbocycles. The van der Waals surface area contributed by atoms with E-state index in [0.29, 0.717) is 26.2 Å². The van der Waals surface area contributed by atoms with Crippen molar-refractivity contribution in [2.24, 2.45) is 0 Å². The number of anilines is 1. The van der Waals surface area contributed by atoms with Gasteiger partial charge in [0.25, 0.3) is 5.91 Å².